The van der Waals surface area contributed by atoms with Crippen molar-refractivity contribution < 1.29 is 33.3 Å². The Kier molecular flexibility index (Phi) is 9.11. The molecule has 0 bridgehead atoms. The van der Waals surface area contributed by atoms with Gasteiger partial charge >= 0.3 is 12.2 Å². The SMILES string of the molecule is COc1cc(C#Cc2nn(C3CCN(C(=O)OC(C)(C)C)C3)c(N(C)C(=O)OC(C)(C)C)c2C(N)=O)cc(OC)c1. The molecule has 1 saturated heterocycles. The Bertz CT molecular complexity index is 1350. The van der Waals surface area contributed by atoms with Gasteiger partial charge in [0.15, 0.2) is 11.5 Å². The van der Waals surface area contributed by atoms with Crippen LogP contribution in [0.1, 0.15) is 75.6 Å². The molecule has 3 rings (SSSR count). The molecule has 2 N–H and O–H groups in total. The fourth-order valence-electron chi connectivity index (χ4n) is 4.18. The van der Waals surface area contributed by atoms with Crippen molar-refractivity contribution in [3.8, 4) is 23.3 Å². The Balaban J connectivity index is 2.11. The lowest BCUT2D eigenvalue weighted by Gasteiger charge is -2.27. The summed E-state index contributed by atoms with van der Waals surface area (Å²) < 4.78 is 23.2. The third-order valence-electron chi connectivity index (χ3n) is 5.95. The lowest BCUT2D eigenvalue weighted by atomic mass is 10.1. The number of primary amides is 1. The van der Waals surface area contributed by atoms with E-state index in [1.54, 1.807) is 64.6 Å². The Morgan fingerprint density at radius 3 is 2.07 bits per heavy atom. The normalized spacial score (nSPS) is 15.0. The van der Waals surface area contributed by atoms with E-state index < -0.39 is 35.3 Å². The first kappa shape index (κ1) is 31.1. The highest BCUT2D eigenvalue weighted by atomic mass is 16.6. The largest absolute Gasteiger partial charge is 0.497 e. The first-order valence-corrected chi connectivity index (χ1v) is 13.1. The third-order valence-corrected chi connectivity index (χ3v) is 5.95. The van der Waals surface area contributed by atoms with Crippen LogP contribution in [0.25, 0.3) is 0 Å². The van der Waals surface area contributed by atoms with Crippen molar-refractivity contribution in [1.29, 1.82) is 0 Å². The molecule has 1 aromatic heterocycles. The maximum Gasteiger partial charge on any atom is 0.415 e. The molecule has 2 heterocycles. The molecule has 0 saturated carbocycles. The summed E-state index contributed by atoms with van der Waals surface area (Å²) in [6.07, 6.45) is -0.676. The van der Waals surface area contributed by atoms with Crippen LogP contribution < -0.4 is 20.1 Å². The summed E-state index contributed by atoms with van der Waals surface area (Å²) in [5.74, 6) is 6.28. The number of ether oxygens (including phenoxy) is 4. The van der Waals surface area contributed by atoms with Gasteiger partial charge in [0, 0.05) is 31.8 Å². The van der Waals surface area contributed by atoms with Gasteiger partial charge < -0.3 is 29.6 Å². The average Bonchev–Trinajstić information content (AvgIpc) is 3.50. The van der Waals surface area contributed by atoms with E-state index in [0.717, 1.165) is 0 Å². The summed E-state index contributed by atoms with van der Waals surface area (Å²) in [6, 6.07) is 4.73. The Morgan fingerprint density at radius 2 is 1.56 bits per heavy atom. The van der Waals surface area contributed by atoms with Crippen molar-refractivity contribution in [3.05, 3.63) is 35.0 Å². The zero-order chi connectivity index (χ0) is 30.7. The van der Waals surface area contributed by atoms with Gasteiger partial charge in [0.2, 0.25) is 0 Å². The second kappa shape index (κ2) is 12.0. The molecule has 1 aliphatic heterocycles. The smallest absolute Gasteiger partial charge is 0.415 e. The predicted octanol–water partition coefficient (Wildman–Crippen LogP) is 3.95. The molecule has 1 unspecified atom stereocenters. The Labute approximate surface area is 240 Å². The maximum atomic E-state index is 13.1. The Morgan fingerprint density at radius 1 is 0.976 bits per heavy atom. The third kappa shape index (κ3) is 7.84. The van der Waals surface area contributed by atoms with Gasteiger partial charge in [0.05, 0.1) is 20.3 Å². The number of carbonyl (C=O) groups excluding carboxylic acids is 3. The summed E-state index contributed by atoms with van der Waals surface area (Å²) in [6.45, 7) is 11.2. The van der Waals surface area contributed by atoms with Gasteiger partial charge in [-0.25, -0.2) is 14.3 Å². The molecule has 1 fully saturated rings. The molecular weight excluding hydrogens is 530 g/mol. The highest BCUT2D eigenvalue weighted by Gasteiger charge is 2.37. The number of hydrogen-bond donors (Lipinski definition) is 1. The monoisotopic (exact) mass is 569 g/mol. The molecule has 1 aromatic carbocycles. The fraction of sp³-hybridized carbons (Fsp3) is 0.517. The highest BCUT2D eigenvalue weighted by Crippen LogP contribution is 2.32. The molecule has 1 atom stereocenters. The molecular formula is C29H39N5O7. The summed E-state index contributed by atoms with van der Waals surface area (Å²) in [4.78, 5) is 41.4. The summed E-state index contributed by atoms with van der Waals surface area (Å²) in [5.41, 5.74) is 4.95. The molecule has 3 amide bonds. The summed E-state index contributed by atoms with van der Waals surface area (Å²) in [7, 11) is 4.53. The molecule has 12 nitrogen and oxygen atoms in total. The predicted molar refractivity (Wildman–Crippen MR) is 152 cm³/mol. The number of hydrogen-bond acceptors (Lipinski definition) is 8. The first-order chi connectivity index (χ1) is 19.0. The number of anilines is 1. The van der Waals surface area contributed by atoms with Gasteiger partial charge in [0.25, 0.3) is 5.91 Å². The van der Waals surface area contributed by atoms with Crippen molar-refractivity contribution in [3.63, 3.8) is 0 Å². The molecule has 12 heteroatoms. The van der Waals surface area contributed by atoms with Gasteiger partial charge in [-0.2, -0.15) is 5.10 Å². The van der Waals surface area contributed by atoms with Crippen LogP contribution in [-0.4, -0.2) is 78.3 Å². The summed E-state index contributed by atoms with van der Waals surface area (Å²) >= 11 is 0. The van der Waals surface area contributed by atoms with E-state index in [9.17, 15) is 14.4 Å². The van der Waals surface area contributed by atoms with Gasteiger partial charge in [-0.15, -0.1) is 0 Å². The van der Waals surface area contributed by atoms with E-state index in [0.29, 0.717) is 30.0 Å². The quantitative estimate of drug-likeness (QED) is 0.534. The van der Waals surface area contributed by atoms with Gasteiger partial charge in [-0.1, -0.05) is 5.92 Å². The fourth-order valence-corrected chi connectivity index (χ4v) is 4.18. The van der Waals surface area contributed by atoms with Gasteiger partial charge in [-0.05, 0) is 66.0 Å². The maximum absolute atomic E-state index is 13.1. The van der Waals surface area contributed by atoms with Crippen molar-refractivity contribution in [2.75, 3.05) is 39.3 Å². The van der Waals surface area contributed by atoms with Crippen LogP contribution in [0.15, 0.2) is 18.2 Å². The van der Waals surface area contributed by atoms with E-state index >= 15 is 0 Å². The number of likely N-dealkylation sites (tertiary alicyclic amines) is 1. The zero-order valence-corrected chi connectivity index (χ0v) is 25.2. The number of aromatic nitrogens is 2. The average molecular weight is 570 g/mol. The van der Waals surface area contributed by atoms with Crippen LogP contribution in [0.5, 0.6) is 11.5 Å². The van der Waals surface area contributed by atoms with E-state index in [-0.39, 0.29) is 23.6 Å². The molecule has 1 aliphatic rings. The number of nitrogens with zero attached hydrogens (tertiary/aromatic N) is 4. The summed E-state index contributed by atoms with van der Waals surface area (Å²) in [5, 5.41) is 4.63. The molecule has 0 aliphatic carbocycles. The van der Waals surface area contributed by atoms with Crippen LogP contribution in [0, 0.1) is 11.8 Å². The van der Waals surface area contributed by atoms with Crippen molar-refractivity contribution in [2.45, 2.75) is 65.2 Å². The van der Waals surface area contributed by atoms with Crippen LogP contribution >= 0.6 is 0 Å². The van der Waals surface area contributed by atoms with Crippen LogP contribution in [0.4, 0.5) is 15.4 Å². The molecule has 41 heavy (non-hydrogen) atoms. The minimum atomic E-state index is -0.823. The second-order valence-corrected chi connectivity index (χ2v) is 11.6. The number of amides is 3. The standard InChI is InChI=1S/C29H39N5O7/c1-28(2,3)40-26(36)32(7)25-23(24(30)35)22(11-10-18-14-20(38-8)16-21(15-18)39-9)31-34(25)19-12-13-33(17-19)27(37)41-29(4,5)6/h14-16,19H,12-13,17H2,1-9H3,(H2,30,35). The number of benzene rings is 1. The number of carbonyl (C=O) groups is 3. The van der Waals surface area contributed by atoms with Gasteiger partial charge in [-0.3, -0.25) is 9.69 Å². The van der Waals surface area contributed by atoms with E-state index in [2.05, 4.69) is 16.9 Å². The molecule has 0 spiro atoms. The van der Waals surface area contributed by atoms with Crippen molar-refractivity contribution in [2.24, 2.45) is 5.73 Å². The van der Waals surface area contributed by atoms with E-state index in [1.807, 2.05) is 0 Å². The Hall–Kier alpha value is -4.40. The van der Waals surface area contributed by atoms with Crippen LogP contribution in [-0.2, 0) is 9.47 Å². The number of rotatable bonds is 5. The molecule has 222 valence electrons. The molecule has 0 radical (unpaired) electrons. The first-order valence-electron chi connectivity index (χ1n) is 13.1. The second-order valence-electron chi connectivity index (χ2n) is 11.6. The van der Waals surface area contributed by atoms with E-state index in [4.69, 9.17) is 24.7 Å². The minimum absolute atomic E-state index is 0.0450. The van der Waals surface area contributed by atoms with Crippen molar-refractivity contribution >= 4 is 23.9 Å². The van der Waals surface area contributed by atoms with Gasteiger partial charge in [0.1, 0.15) is 28.3 Å². The number of methoxy groups -OCH3 is 2. The van der Waals surface area contributed by atoms with Crippen LogP contribution in [0.3, 0.4) is 0 Å². The lowest BCUT2D eigenvalue weighted by molar-refractivity contribution is 0.0287. The topological polar surface area (TPSA) is 138 Å². The van der Waals surface area contributed by atoms with E-state index in [1.165, 1.54) is 30.8 Å². The zero-order valence-electron chi connectivity index (χ0n) is 25.2. The minimum Gasteiger partial charge on any atom is -0.497 e. The number of nitrogens with two attached hydrogens (primary N) is 1. The lowest BCUT2D eigenvalue weighted by Crippen LogP contribution is -2.37. The van der Waals surface area contributed by atoms with Crippen molar-refractivity contribution in [1.82, 2.24) is 14.7 Å². The van der Waals surface area contributed by atoms with Crippen LogP contribution in [0.2, 0.25) is 0 Å². The highest BCUT2D eigenvalue weighted by molar-refractivity contribution is 6.03. The molecule has 2 aromatic rings.